The van der Waals surface area contributed by atoms with E-state index >= 15 is 0 Å². The molecule has 1 saturated heterocycles. The molecule has 2 fully saturated rings. The van der Waals surface area contributed by atoms with Crippen LogP contribution in [0.1, 0.15) is 108 Å². The van der Waals surface area contributed by atoms with Crippen LogP contribution in [0, 0.1) is 11.3 Å². The molecule has 4 nitrogen and oxygen atoms in total. The van der Waals surface area contributed by atoms with Gasteiger partial charge >= 0.3 is 0 Å². The highest BCUT2D eigenvalue weighted by atomic mass is 28.4. The second-order valence-corrected chi connectivity index (χ2v) is 25.4. The molecule has 1 spiro atoms. The summed E-state index contributed by atoms with van der Waals surface area (Å²) >= 11 is 0. The summed E-state index contributed by atoms with van der Waals surface area (Å²) in [5.41, 5.74) is 2.98. The van der Waals surface area contributed by atoms with Gasteiger partial charge in [0.15, 0.2) is 14.1 Å². The number of hydrogen-bond acceptors (Lipinski definition) is 4. The van der Waals surface area contributed by atoms with Crippen molar-refractivity contribution in [3.63, 3.8) is 0 Å². The summed E-state index contributed by atoms with van der Waals surface area (Å²) in [5, 5.41) is 2.65. The minimum atomic E-state index is -2.52. The number of hydrogen-bond donors (Lipinski definition) is 0. The SMILES string of the molecule is CC[Si](CC)(CC)O[C@H]1CC2(C[C@H](C)[C@@]1(C)CC/C(C)=C/CC/C(C)=C/CO[Si](c1ccccc1)(c1ccccc1)C(C)(C)C)OCCO2. The fraction of sp³-hybridized carbons (Fsp3) is 0.628. The van der Waals surface area contributed by atoms with Crippen LogP contribution in [0.25, 0.3) is 0 Å². The molecule has 2 aromatic rings. The van der Waals surface area contributed by atoms with E-state index in [4.69, 9.17) is 18.3 Å². The maximum absolute atomic E-state index is 7.33. The van der Waals surface area contributed by atoms with Gasteiger partial charge in [-0.2, -0.15) is 0 Å². The Bertz CT molecular complexity index is 1310. The molecule has 4 rings (SSSR count). The molecule has 0 N–H and O–H groups in total. The van der Waals surface area contributed by atoms with Gasteiger partial charge in [-0.25, -0.2) is 0 Å². The van der Waals surface area contributed by atoms with Crippen molar-refractivity contribution in [2.24, 2.45) is 11.3 Å². The third-order valence-electron chi connectivity index (χ3n) is 12.4. The fourth-order valence-electron chi connectivity index (χ4n) is 8.52. The first-order valence-electron chi connectivity index (χ1n) is 19.3. The summed E-state index contributed by atoms with van der Waals surface area (Å²) in [6, 6.07) is 25.4. The van der Waals surface area contributed by atoms with Gasteiger partial charge in [0.1, 0.15) is 0 Å². The highest BCUT2D eigenvalue weighted by Gasteiger charge is 2.55. The van der Waals surface area contributed by atoms with Crippen LogP contribution in [0.4, 0.5) is 0 Å². The van der Waals surface area contributed by atoms with Gasteiger partial charge in [-0.15, -0.1) is 0 Å². The molecule has 0 bridgehead atoms. The van der Waals surface area contributed by atoms with Crippen LogP contribution >= 0.6 is 0 Å². The Hall–Kier alpha value is -1.81. The van der Waals surface area contributed by atoms with Gasteiger partial charge in [0, 0.05) is 12.8 Å². The normalized spacial score (nSPS) is 23.7. The highest BCUT2D eigenvalue weighted by Crippen LogP contribution is 2.53. The molecule has 0 radical (unpaired) electrons. The van der Waals surface area contributed by atoms with E-state index in [9.17, 15) is 0 Å². The molecule has 272 valence electrons. The zero-order valence-corrected chi connectivity index (χ0v) is 34.7. The lowest BCUT2D eigenvalue weighted by Crippen LogP contribution is -2.66. The van der Waals surface area contributed by atoms with Crippen LogP contribution in [-0.2, 0) is 18.3 Å². The Labute approximate surface area is 302 Å². The molecule has 2 aliphatic rings. The lowest BCUT2D eigenvalue weighted by molar-refractivity contribution is -0.232. The standard InChI is InChI=1S/C43H68O4Si2/c1-11-48(12-2,13-3)47-40-34-43(44-31-32-45-43)33-37(6)42(40,10)29-27-35(4)21-20-22-36(5)28-30-46-49(41(7,8)9,38-23-16-14-17-24-38)39-25-18-15-19-26-39/h14-19,21,23-26,28,37,40H,11-13,20,22,27,29-34H2,1-10H3/b35-21+,36-28+/t37-,40-,42+/m0/s1. The summed E-state index contributed by atoms with van der Waals surface area (Å²) in [6.45, 7) is 25.6. The van der Waals surface area contributed by atoms with Crippen LogP contribution in [0.3, 0.4) is 0 Å². The van der Waals surface area contributed by atoms with E-state index in [0.29, 0.717) is 25.7 Å². The lowest BCUT2D eigenvalue weighted by atomic mass is 9.62. The van der Waals surface area contributed by atoms with Crippen molar-refractivity contribution >= 4 is 27.0 Å². The van der Waals surface area contributed by atoms with Gasteiger partial charge in [-0.1, -0.05) is 139 Å². The van der Waals surface area contributed by atoms with Crippen molar-refractivity contribution in [2.45, 2.75) is 143 Å². The van der Waals surface area contributed by atoms with Crippen molar-refractivity contribution in [2.75, 3.05) is 19.8 Å². The van der Waals surface area contributed by atoms with E-state index in [0.717, 1.165) is 38.5 Å². The molecule has 0 unspecified atom stereocenters. The smallest absolute Gasteiger partial charge is 0.261 e. The predicted octanol–water partition coefficient (Wildman–Crippen LogP) is 10.6. The average molecular weight is 705 g/mol. The van der Waals surface area contributed by atoms with E-state index in [1.807, 2.05) is 0 Å². The molecule has 1 saturated carbocycles. The number of allylic oxidation sites excluding steroid dienone is 3. The molecule has 0 aromatic heterocycles. The maximum Gasteiger partial charge on any atom is 0.261 e. The number of rotatable bonds is 16. The molecule has 6 heteroatoms. The van der Waals surface area contributed by atoms with E-state index in [2.05, 4.69) is 142 Å². The van der Waals surface area contributed by atoms with Gasteiger partial charge in [0.2, 0.25) is 0 Å². The first-order valence-corrected chi connectivity index (χ1v) is 23.7. The van der Waals surface area contributed by atoms with Crippen molar-refractivity contribution in [1.82, 2.24) is 0 Å². The van der Waals surface area contributed by atoms with Gasteiger partial charge in [0.05, 0.1) is 25.9 Å². The lowest BCUT2D eigenvalue weighted by Gasteiger charge is -2.54. The summed E-state index contributed by atoms with van der Waals surface area (Å²) in [5.74, 6) is 0.0180. The molecule has 0 amide bonds. The van der Waals surface area contributed by atoms with E-state index < -0.39 is 22.4 Å². The Kier molecular flexibility index (Phi) is 14.0. The second kappa shape index (κ2) is 17.1. The molecule has 1 aliphatic carbocycles. The molecule has 1 aliphatic heterocycles. The molecule has 2 aromatic carbocycles. The fourth-order valence-corrected chi connectivity index (χ4v) is 16.0. The molecular weight excluding hydrogens is 637 g/mol. The average Bonchev–Trinajstić information content (AvgIpc) is 3.54. The van der Waals surface area contributed by atoms with Gasteiger partial charge in [0.25, 0.3) is 8.32 Å². The van der Waals surface area contributed by atoms with Crippen LogP contribution in [0.5, 0.6) is 0 Å². The summed E-state index contributed by atoms with van der Waals surface area (Å²) in [6.07, 6.45) is 11.2. The second-order valence-electron chi connectivity index (χ2n) is 16.4. The molecule has 49 heavy (non-hydrogen) atoms. The Morgan fingerprint density at radius 2 is 1.35 bits per heavy atom. The predicted molar refractivity (Wildman–Crippen MR) is 213 cm³/mol. The molecule has 1 heterocycles. The van der Waals surface area contributed by atoms with Crippen LogP contribution < -0.4 is 10.4 Å². The minimum Gasteiger partial charge on any atom is -0.413 e. The van der Waals surface area contributed by atoms with Gasteiger partial charge < -0.3 is 18.3 Å². The molecular formula is C43H68O4Si2. The van der Waals surface area contributed by atoms with Crippen molar-refractivity contribution in [3.8, 4) is 0 Å². The Morgan fingerprint density at radius 1 is 0.816 bits per heavy atom. The number of ether oxygens (including phenoxy) is 2. The third-order valence-corrected chi connectivity index (χ3v) is 22.0. The van der Waals surface area contributed by atoms with Gasteiger partial charge in [-0.3, -0.25) is 0 Å². The zero-order valence-electron chi connectivity index (χ0n) is 32.7. The quantitative estimate of drug-likeness (QED) is 0.129. The largest absolute Gasteiger partial charge is 0.413 e. The van der Waals surface area contributed by atoms with E-state index in [1.165, 1.54) is 39.7 Å². The maximum atomic E-state index is 7.33. The third kappa shape index (κ3) is 9.17. The Morgan fingerprint density at radius 3 is 1.86 bits per heavy atom. The topological polar surface area (TPSA) is 36.9 Å². The van der Waals surface area contributed by atoms with Crippen LogP contribution in [0.15, 0.2) is 84.0 Å². The Balaban J connectivity index is 1.40. The minimum absolute atomic E-state index is 0.0150. The van der Waals surface area contributed by atoms with Crippen molar-refractivity contribution < 1.29 is 18.3 Å². The van der Waals surface area contributed by atoms with Crippen LogP contribution in [0.2, 0.25) is 23.2 Å². The van der Waals surface area contributed by atoms with E-state index in [-0.39, 0.29) is 16.6 Å². The van der Waals surface area contributed by atoms with E-state index in [1.54, 1.807) is 0 Å². The number of benzene rings is 2. The monoisotopic (exact) mass is 704 g/mol. The zero-order chi connectivity index (χ0) is 35.8. The van der Waals surface area contributed by atoms with Crippen LogP contribution in [-0.4, -0.2) is 48.3 Å². The summed E-state index contributed by atoms with van der Waals surface area (Å²) < 4.78 is 27.0. The first kappa shape index (κ1) is 40.0. The first-order chi connectivity index (χ1) is 23.3. The van der Waals surface area contributed by atoms with Gasteiger partial charge in [-0.05, 0) is 84.4 Å². The van der Waals surface area contributed by atoms with Crippen molar-refractivity contribution in [1.29, 1.82) is 0 Å². The highest BCUT2D eigenvalue weighted by molar-refractivity contribution is 6.99. The van der Waals surface area contributed by atoms with Crippen molar-refractivity contribution in [3.05, 3.63) is 84.0 Å². The molecule has 3 atom stereocenters. The summed E-state index contributed by atoms with van der Waals surface area (Å²) in [7, 11) is -4.32. The summed E-state index contributed by atoms with van der Waals surface area (Å²) in [4.78, 5) is 0.